The van der Waals surface area contributed by atoms with Gasteiger partial charge in [-0.25, -0.2) is 18.2 Å². The third-order valence-corrected chi connectivity index (χ3v) is 8.97. The van der Waals surface area contributed by atoms with E-state index in [1.807, 2.05) is 12.1 Å². The third kappa shape index (κ3) is 4.24. The Morgan fingerprint density at radius 3 is 2.31 bits per heavy atom. The highest BCUT2D eigenvalue weighted by Gasteiger charge is 2.26. The maximum absolute atomic E-state index is 12.8. The number of hydrogen-bond donors (Lipinski definition) is 0. The number of fused-ring (bicyclic) bond motifs is 1. The fourth-order valence-corrected chi connectivity index (χ4v) is 6.75. The zero-order valence-corrected chi connectivity index (χ0v) is 19.3. The first-order chi connectivity index (χ1) is 15.5. The minimum Gasteiger partial charge on any atom is -0.423 e. The molecular weight excluding hydrogens is 446 g/mol. The molecule has 2 fully saturated rings. The van der Waals surface area contributed by atoms with Crippen molar-refractivity contribution < 1.29 is 17.9 Å². The molecule has 2 aliphatic rings. The lowest BCUT2D eigenvalue weighted by molar-refractivity contribution is 0.0735. The Bertz CT molecular complexity index is 1230. The molecule has 0 atom stereocenters. The average Bonchev–Trinajstić information content (AvgIpc) is 3.49. The summed E-state index contributed by atoms with van der Waals surface area (Å²) in [6, 6.07) is 11.4. The van der Waals surface area contributed by atoms with Crippen LogP contribution in [0.2, 0.25) is 0 Å². The molecule has 5 rings (SSSR count). The molecule has 3 heterocycles. The van der Waals surface area contributed by atoms with Crippen molar-refractivity contribution in [2.24, 2.45) is 0 Å². The molecule has 2 aliphatic heterocycles. The summed E-state index contributed by atoms with van der Waals surface area (Å²) in [6.07, 6.45) is 5.21. The van der Waals surface area contributed by atoms with Crippen molar-refractivity contribution in [1.82, 2.24) is 9.29 Å². The van der Waals surface area contributed by atoms with Crippen molar-refractivity contribution in [2.75, 3.05) is 31.1 Å². The summed E-state index contributed by atoms with van der Waals surface area (Å²) in [5.74, 6) is -0.0697. The molecule has 2 saturated heterocycles. The zero-order valence-electron chi connectivity index (χ0n) is 17.7. The summed E-state index contributed by atoms with van der Waals surface area (Å²) in [5, 5.41) is 1.01. The van der Waals surface area contributed by atoms with Crippen LogP contribution in [0.4, 0.5) is 5.13 Å². The molecular formula is C23H25N3O4S2. The van der Waals surface area contributed by atoms with Crippen LogP contribution in [-0.2, 0) is 10.0 Å². The predicted molar refractivity (Wildman–Crippen MR) is 125 cm³/mol. The van der Waals surface area contributed by atoms with Gasteiger partial charge in [-0.15, -0.1) is 0 Å². The van der Waals surface area contributed by atoms with Gasteiger partial charge in [0.05, 0.1) is 20.7 Å². The monoisotopic (exact) mass is 471 g/mol. The average molecular weight is 472 g/mol. The lowest BCUT2D eigenvalue weighted by Crippen LogP contribution is -2.35. The number of piperidine rings is 1. The molecule has 9 heteroatoms. The van der Waals surface area contributed by atoms with Gasteiger partial charge in [0.2, 0.25) is 10.0 Å². The van der Waals surface area contributed by atoms with E-state index in [9.17, 15) is 13.2 Å². The number of thiazole rings is 1. The molecule has 168 valence electrons. The molecule has 0 unspecified atom stereocenters. The molecule has 0 saturated carbocycles. The van der Waals surface area contributed by atoms with Crippen LogP contribution in [0.15, 0.2) is 47.4 Å². The smallest absolute Gasteiger partial charge is 0.343 e. The summed E-state index contributed by atoms with van der Waals surface area (Å²) in [5.41, 5.74) is 1.20. The first-order valence-electron chi connectivity index (χ1n) is 11.0. The number of ether oxygens (including phenoxy) is 1. The van der Waals surface area contributed by atoms with E-state index in [1.54, 1.807) is 17.4 Å². The number of anilines is 1. The normalized spacial score (nSPS) is 17.7. The van der Waals surface area contributed by atoms with E-state index < -0.39 is 16.0 Å². The van der Waals surface area contributed by atoms with Gasteiger partial charge < -0.3 is 9.64 Å². The Balaban J connectivity index is 1.29. The summed E-state index contributed by atoms with van der Waals surface area (Å²) in [6.45, 7) is 3.16. The minimum atomic E-state index is -3.52. The van der Waals surface area contributed by atoms with Gasteiger partial charge in [0.25, 0.3) is 0 Å². The number of aromatic nitrogens is 1. The van der Waals surface area contributed by atoms with Crippen molar-refractivity contribution in [1.29, 1.82) is 0 Å². The number of hydrogen-bond acceptors (Lipinski definition) is 7. The molecule has 7 nitrogen and oxygen atoms in total. The summed E-state index contributed by atoms with van der Waals surface area (Å²) in [4.78, 5) is 19.8. The van der Waals surface area contributed by atoms with Crippen LogP contribution in [0, 0.1) is 0 Å². The van der Waals surface area contributed by atoms with Crippen LogP contribution in [0.25, 0.3) is 10.2 Å². The number of nitrogens with zero attached hydrogens (tertiary/aromatic N) is 3. The molecule has 32 heavy (non-hydrogen) atoms. The molecule has 2 aromatic carbocycles. The van der Waals surface area contributed by atoms with E-state index in [2.05, 4.69) is 9.88 Å². The fourth-order valence-electron chi connectivity index (χ4n) is 4.18. The number of benzene rings is 2. The Morgan fingerprint density at radius 1 is 0.906 bits per heavy atom. The first-order valence-corrected chi connectivity index (χ1v) is 13.2. The topological polar surface area (TPSA) is 79.8 Å². The lowest BCUT2D eigenvalue weighted by atomic mass is 10.2. The number of carbonyl (C=O) groups is 1. The lowest BCUT2D eigenvalue weighted by Gasteiger charge is -2.25. The van der Waals surface area contributed by atoms with E-state index in [1.165, 1.54) is 41.4 Å². The number of sulfonamides is 1. The molecule has 1 aromatic heterocycles. The molecule has 0 spiro atoms. The number of esters is 1. The molecule has 0 bridgehead atoms. The minimum absolute atomic E-state index is 0.205. The molecule has 0 amide bonds. The summed E-state index contributed by atoms with van der Waals surface area (Å²) in [7, 11) is -3.52. The highest BCUT2D eigenvalue weighted by molar-refractivity contribution is 7.89. The zero-order chi connectivity index (χ0) is 22.1. The van der Waals surface area contributed by atoms with Crippen LogP contribution < -0.4 is 9.64 Å². The quantitative estimate of drug-likeness (QED) is 0.408. The van der Waals surface area contributed by atoms with E-state index in [-0.39, 0.29) is 4.90 Å². The van der Waals surface area contributed by atoms with E-state index in [4.69, 9.17) is 4.74 Å². The van der Waals surface area contributed by atoms with E-state index in [0.717, 1.165) is 47.7 Å². The van der Waals surface area contributed by atoms with Gasteiger partial charge in [-0.05, 0) is 62.1 Å². The van der Waals surface area contributed by atoms with E-state index >= 15 is 0 Å². The van der Waals surface area contributed by atoms with Gasteiger partial charge >= 0.3 is 5.97 Å². The van der Waals surface area contributed by atoms with Gasteiger partial charge in [-0.2, -0.15) is 4.31 Å². The highest BCUT2D eigenvalue weighted by atomic mass is 32.2. The number of rotatable bonds is 5. The second-order valence-corrected chi connectivity index (χ2v) is 11.1. The van der Waals surface area contributed by atoms with Crippen LogP contribution in [0.5, 0.6) is 5.75 Å². The largest absolute Gasteiger partial charge is 0.423 e. The number of carbonyl (C=O) groups excluding carboxylic acids is 1. The maximum Gasteiger partial charge on any atom is 0.343 e. The van der Waals surface area contributed by atoms with Crippen LogP contribution in [0.3, 0.4) is 0 Å². The maximum atomic E-state index is 12.8. The molecule has 0 aliphatic carbocycles. The van der Waals surface area contributed by atoms with Crippen molar-refractivity contribution in [3.05, 3.63) is 48.0 Å². The van der Waals surface area contributed by atoms with Crippen LogP contribution in [-0.4, -0.2) is 49.9 Å². The summed E-state index contributed by atoms with van der Waals surface area (Å²) < 4.78 is 33.6. The predicted octanol–water partition coefficient (Wildman–Crippen LogP) is 4.29. The Hall–Kier alpha value is -2.49. The Morgan fingerprint density at radius 2 is 1.59 bits per heavy atom. The molecule has 3 aromatic rings. The highest BCUT2D eigenvalue weighted by Crippen LogP contribution is 2.33. The van der Waals surface area contributed by atoms with Gasteiger partial charge in [-0.3, -0.25) is 0 Å². The van der Waals surface area contributed by atoms with Crippen molar-refractivity contribution in [3.63, 3.8) is 0 Å². The van der Waals surface area contributed by atoms with Gasteiger partial charge in [0, 0.05) is 32.2 Å². The second-order valence-electron chi connectivity index (χ2n) is 8.20. The van der Waals surface area contributed by atoms with E-state index in [0.29, 0.717) is 24.4 Å². The second kappa shape index (κ2) is 8.80. The SMILES string of the molecule is O=C(Oc1ccc2nc(N3CCCC3)sc2c1)c1ccc(S(=O)(=O)N2CCCCC2)cc1. The standard InChI is InChI=1S/C23H25N3O4S2/c27-22(17-6-9-19(10-7-17)32(28,29)26-14-2-1-3-15-26)30-18-8-11-20-21(16-18)31-23(24-20)25-12-4-5-13-25/h6-11,16H,1-5,12-15H2. The van der Waals surface area contributed by atoms with Crippen molar-refractivity contribution in [2.45, 2.75) is 37.0 Å². The fraction of sp³-hybridized carbons (Fsp3) is 0.391. The van der Waals surface area contributed by atoms with Crippen molar-refractivity contribution >= 4 is 42.7 Å². The Labute approximate surface area is 191 Å². The first kappa shape index (κ1) is 21.4. The van der Waals surface area contributed by atoms with Gasteiger partial charge in [0.1, 0.15) is 5.75 Å². The van der Waals surface area contributed by atoms with Gasteiger partial charge in [0.15, 0.2) is 5.13 Å². The summed E-state index contributed by atoms with van der Waals surface area (Å²) >= 11 is 1.60. The third-order valence-electron chi connectivity index (χ3n) is 5.98. The molecule has 0 radical (unpaired) electrons. The van der Waals surface area contributed by atoms with Crippen LogP contribution >= 0.6 is 11.3 Å². The van der Waals surface area contributed by atoms with Crippen LogP contribution in [0.1, 0.15) is 42.5 Å². The molecule has 0 N–H and O–H groups in total. The Kier molecular flexibility index (Phi) is 5.88. The van der Waals surface area contributed by atoms with Gasteiger partial charge in [-0.1, -0.05) is 17.8 Å². The van der Waals surface area contributed by atoms with Crippen molar-refractivity contribution in [3.8, 4) is 5.75 Å².